The van der Waals surface area contributed by atoms with E-state index < -0.39 is 0 Å². The maximum atomic E-state index is 12.0. The minimum absolute atomic E-state index is 0.106. The smallest absolute Gasteiger partial charge is 0.251 e. The lowest BCUT2D eigenvalue weighted by molar-refractivity contribution is -0.115. The number of hydrogen-bond acceptors (Lipinski definition) is 3. The topological polar surface area (TPSA) is 67.4 Å². The summed E-state index contributed by atoms with van der Waals surface area (Å²) in [7, 11) is 1.53. The Morgan fingerprint density at radius 3 is 2.65 bits per heavy atom. The molecule has 5 nitrogen and oxygen atoms in total. The second kappa shape index (κ2) is 7.78. The summed E-state index contributed by atoms with van der Waals surface area (Å²) in [5, 5.41) is 5.32. The van der Waals surface area contributed by atoms with E-state index in [2.05, 4.69) is 26.6 Å². The van der Waals surface area contributed by atoms with Gasteiger partial charge in [0, 0.05) is 15.7 Å². The number of benzene rings is 2. The summed E-state index contributed by atoms with van der Waals surface area (Å²) in [6.07, 6.45) is 0. The minimum atomic E-state index is -0.328. The summed E-state index contributed by atoms with van der Waals surface area (Å²) in [5.74, 6) is -0.0264. The lowest BCUT2D eigenvalue weighted by Crippen LogP contribution is -2.32. The van der Waals surface area contributed by atoms with E-state index in [-0.39, 0.29) is 18.4 Å². The molecule has 0 aliphatic heterocycles. The molecule has 0 spiro atoms. The molecule has 2 N–H and O–H groups in total. The van der Waals surface area contributed by atoms with Crippen LogP contribution in [-0.2, 0) is 4.79 Å². The third-order valence-electron chi connectivity index (χ3n) is 3.18. The molecular formula is C17H17BrN2O3. The number of halogens is 1. The Bertz CT molecular complexity index is 732. The molecule has 120 valence electrons. The highest BCUT2D eigenvalue weighted by Crippen LogP contribution is 2.19. The molecule has 0 aliphatic carbocycles. The van der Waals surface area contributed by atoms with Crippen LogP contribution in [0.2, 0.25) is 0 Å². The Morgan fingerprint density at radius 1 is 1.17 bits per heavy atom. The van der Waals surface area contributed by atoms with Gasteiger partial charge in [0.25, 0.3) is 5.91 Å². The lowest BCUT2D eigenvalue weighted by Gasteiger charge is -2.09. The zero-order valence-corrected chi connectivity index (χ0v) is 14.4. The Morgan fingerprint density at radius 2 is 1.96 bits per heavy atom. The fourth-order valence-electron chi connectivity index (χ4n) is 1.95. The van der Waals surface area contributed by atoms with Crippen LogP contribution in [0.4, 0.5) is 5.69 Å². The van der Waals surface area contributed by atoms with Crippen molar-refractivity contribution in [2.45, 2.75) is 6.92 Å². The average molecular weight is 377 g/mol. The van der Waals surface area contributed by atoms with Gasteiger partial charge in [0.05, 0.1) is 13.7 Å². The van der Waals surface area contributed by atoms with E-state index in [9.17, 15) is 9.59 Å². The van der Waals surface area contributed by atoms with Crippen LogP contribution in [0.3, 0.4) is 0 Å². The highest BCUT2D eigenvalue weighted by Gasteiger charge is 2.09. The monoisotopic (exact) mass is 376 g/mol. The first kappa shape index (κ1) is 17.0. The van der Waals surface area contributed by atoms with Gasteiger partial charge in [0.2, 0.25) is 5.91 Å². The number of rotatable bonds is 5. The summed E-state index contributed by atoms with van der Waals surface area (Å²) in [6, 6.07) is 12.3. The van der Waals surface area contributed by atoms with Crippen molar-refractivity contribution in [2.75, 3.05) is 19.0 Å². The molecule has 0 radical (unpaired) electrons. The Balaban J connectivity index is 1.90. The summed E-state index contributed by atoms with van der Waals surface area (Å²) in [6.45, 7) is 1.83. The molecule has 0 bridgehead atoms. The van der Waals surface area contributed by atoms with Crippen molar-refractivity contribution in [1.82, 2.24) is 5.32 Å². The number of carbonyl (C=O) groups is 2. The van der Waals surface area contributed by atoms with Gasteiger partial charge in [-0.2, -0.15) is 0 Å². The Labute approximate surface area is 143 Å². The van der Waals surface area contributed by atoms with Crippen molar-refractivity contribution in [3.8, 4) is 5.75 Å². The number of ether oxygens (including phenoxy) is 1. The summed E-state index contributed by atoms with van der Waals surface area (Å²) in [4.78, 5) is 23.9. The first-order chi connectivity index (χ1) is 11.0. The fourth-order valence-corrected chi connectivity index (χ4v) is 2.20. The molecule has 0 aliphatic rings. The zero-order chi connectivity index (χ0) is 16.8. The van der Waals surface area contributed by atoms with Gasteiger partial charge in [-0.15, -0.1) is 0 Å². The van der Waals surface area contributed by atoms with Crippen molar-refractivity contribution in [3.05, 3.63) is 58.1 Å². The van der Waals surface area contributed by atoms with Crippen molar-refractivity contribution in [2.24, 2.45) is 0 Å². The van der Waals surface area contributed by atoms with Crippen molar-refractivity contribution in [3.63, 3.8) is 0 Å². The molecule has 0 heterocycles. The third kappa shape index (κ3) is 4.82. The van der Waals surface area contributed by atoms with Gasteiger partial charge in [-0.3, -0.25) is 9.59 Å². The summed E-state index contributed by atoms with van der Waals surface area (Å²) in [5.41, 5.74) is 2.14. The predicted octanol–water partition coefficient (Wildman–Crippen LogP) is 3.13. The molecule has 0 saturated carbocycles. The van der Waals surface area contributed by atoms with Crippen LogP contribution >= 0.6 is 15.9 Å². The SMILES string of the molecule is COc1cccc(C(=O)NCC(=O)Nc2ccc(Br)c(C)c2)c1. The molecule has 0 unspecified atom stereocenters. The third-order valence-corrected chi connectivity index (χ3v) is 4.07. The number of nitrogens with one attached hydrogen (secondary N) is 2. The maximum absolute atomic E-state index is 12.0. The van der Waals surface area contributed by atoms with Gasteiger partial charge in [0.15, 0.2) is 0 Å². The fraction of sp³-hybridized carbons (Fsp3) is 0.176. The Hall–Kier alpha value is -2.34. The van der Waals surface area contributed by atoms with E-state index in [1.807, 2.05) is 19.1 Å². The number of aryl methyl sites for hydroxylation is 1. The van der Waals surface area contributed by atoms with Crippen LogP contribution in [0.5, 0.6) is 5.75 Å². The van der Waals surface area contributed by atoms with E-state index >= 15 is 0 Å². The molecular weight excluding hydrogens is 360 g/mol. The van der Waals surface area contributed by atoms with Crippen molar-refractivity contribution in [1.29, 1.82) is 0 Å². The van der Waals surface area contributed by atoms with Crippen molar-refractivity contribution < 1.29 is 14.3 Å². The van der Waals surface area contributed by atoms with E-state index in [1.165, 1.54) is 7.11 Å². The van der Waals surface area contributed by atoms with Crippen LogP contribution < -0.4 is 15.4 Å². The molecule has 2 aromatic carbocycles. The summed E-state index contributed by atoms with van der Waals surface area (Å²) >= 11 is 3.40. The number of anilines is 1. The maximum Gasteiger partial charge on any atom is 0.251 e. The largest absolute Gasteiger partial charge is 0.497 e. The van der Waals surface area contributed by atoms with Gasteiger partial charge in [-0.05, 0) is 48.9 Å². The molecule has 0 aromatic heterocycles. The molecule has 23 heavy (non-hydrogen) atoms. The van der Waals surface area contributed by atoms with Crippen LogP contribution in [0.25, 0.3) is 0 Å². The molecule has 0 fully saturated rings. The van der Waals surface area contributed by atoms with Crippen LogP contribution in [-0.4, -0.2) is 25.5 Å². The lowest BCUT2D eigenvalue weighted by atomic mass is 10.2. The standard InChI is InChI=1S/C17H17BrN2O3/c1-11-8-13(6-7-15(11)18)20-16(21)10-19-17(22)12-4-3-5-14(9-12)23-2/h3-9H,10H2,1-2H3,(H,19,22)(H,20,21). The molecule has 2 rings (SSSR count). The minimum Gasteiger partial charge on any atom is -0.497 e. The van der Waals surface area contributed by atoms with Gasteiger partial charge < -0.3 is 15.4 Å². The van der Waals surface area contributed by atoms with Gasteiger partial charge in [0.1, 0.15) is 5.75 Å². The average Bonchev–Trinajstić information content (AvgIpc) is 2.56. The van der Waals surface area contributed by atoms with Crippen LogP contribution in [0, 0.1) is 6.92 Å². The number of hydrogen-bond donors (Lipinski definition) is 2. The summed E-state index contributed by atoms with van der Waals surface area (Å²) < 4.78 is 6.04. The van der Waals surface area contributed by atoms with E-state index in [0.29, 0.717) is 17.0 Å². The van der Waals surface area contributed by atoms with Crippen molar-refractivity contribution >= 4 is 33.4 Å². The molecule has 0 atom stereocenters. The first-order valence-electron chi connectivity index (χ1n) is 6.98. The van der Waals surface area contributed by atoms with E-state index in [4.69, 9.17) is 4.74 Å². The molecule has 2 amide bonds. The van der Waals surface area contributed by atoms with E-state index in [1.54, 1.807) is 30.3 Å². The quantitative estimate of drug-likeness (QED) is 0.842. The zero-order valence-electron chi connectivity index (χ0n) is 12.9. The second-order valence-corrected chi connectivity index (χ2v) is 5.78. The van der Waals surface area contributed by atoms with Crippen LogP contribution in [0.15, 0.2) is 46.9 Å². The number of methoxy groups -OCH3 is 1. The Kier molecular flexibility index (Phi) is 5.76. The second-order valence-electron chi connectivity index (χ2n) is 4.93. The highest BCUT2D eigenvalue weighted by atomic mass is 79.9. The van der Waals surface area contributed by atoms with Crippen LogP contribution in [0.1, 0.15) is 15.9 Å². The van der Waals surface area contributed by atoms with Gasteiger partial charge >= 0.3 is 0 Å². The molecule has 2 aromatic rings. The molecule has 6 heteroatoms. The number of amides is 2. The first-order valence-corrected chi connectivity index (χ1v) is 7.77. The molecule has 0 saturated heterocycles. The number of carbonyl (C=O) groups excluding carboxylic acids is 2. The van der Waals surface area contributed by atoms with Gasteiger partial charge in [-0.1, -0.05) is 22.0 Å². The van der Waals surface area contributed by atoms with Gasteiger partial charge in [-0.25, -0.2) is 0 Å². The highest BCUT2D eigenvalue weighted by molar-refractivity contribution is 9.10. The van der Waals surface area contributed by atoms with E-state index in [0.717, 1.165) is 10.0 Å². The normalized spacial score (nSPS) is 10.0. The predicted molar refractivity (Wildman–Crippen MR) is 92.8 cm³/mol.